The molecule has 1 aromatic heterocycles. The average molecular weight is 395 g/mol. The van der Waals surface area contributed by atoms with E-state index in [0.717, 1.165) is 36.3 Å². The first kappa shape index (κ1) is 19.7. The summed E-state index contributed by atoms with van der Waals surface area (Å²) >= 11 is 0. The second kappa shape index (κ2) is 8.39. The van der Waals surface area contributed by atoms with E-state index in [2.05, 4.69) is 22.5 Å². The summed E-state index contributed by atoms with van der Waals surface area (Å²) < 4.78 is 1.99. The van der Waals surface area contributed by atoms with Crippen LogP contribution in [0.4, 0.5) is 0 Å². The summed E-state index contributed by atoms with van der Waals surface area (Å²) in [5.74, 6) is -0.114. The average Bonchev–Trinajstić information content (AvgIpc) is 3.42. The topological polar surface area (TPSA) is 67.2 Å². The molecule has 6 nitrogen and oxygen atoms in total. The van der Waals surface area contributed by atoms with Crippen molar-refractivity contribution in [3.8, 4) is 0 Å². The van der Waals surface area contributed by atoms with Gasteiger partial charge < -0.3 is 10.2 Å². The van der Waals surface area contributed by atoms with Gasteiger partial charge in [-0.15, -0.1) is 0 Å². The lowest BCUT2D eigenvalue weighted by atomic mass is 10.1. The van der Waals surface area contributed by atoms with Gasteiger partial charge >= 0.3 is 0 Å². The molecule has 2 aliphatic rings. The third-order valence-corrected chi connectivity index (χ3v) is 6.44. The number of carbonyl (C=O) groups excluding carboxylic acids is 2. The van der Waals surface area contributed by atoms with Crippen LogP contribution in [-0.2, 0) is 22.7 Å². The molecule has 1 N–H and O–H groups in total. The molecule has 29 heavy (non-hydrogen) atoms. The number of hydrogen-bond donors (Lipinski definition) is 1. The highest BCUT2D eigenvalue weighted by Crippen LogP contribution is 2.29. The summed E-state index contributed by atoms with van der Waals surface area (Å²) in [5.41, 5.74) is 4.27. The SMILES string of the molecule is Cc1nn(Cc2ccccc2)c(C)c1CNC(=O)[C@H]1CC(=O)N(C2CCCC2)C1. The number of amides is 2. The minimum Gasteiger partial charge on any atom is -0.352 e. The van der Waals surface area contributed by atoms with E-state index in [-0.39, 0.29) is 17.7 Å². The molecule has 1 aliphatic heterocycles. The highest BCUT2D eigenvalue weighted by atomic mass is 16.2. The number of likely N-dealkylation sites (tertiary alicyclic amines) is 1. The van der Waals surface area contributed by atoms with Gasteiger partial charge in [0.05, 0.1) is 18.2 Å². The van der Waals surface area contributed by atoms with Gasteiger partial charge in [0.1, 0.15) is 0 Å². The Balaban J connectivity index is 1.36. The van der Waals surface area contributed by atoms with E-state index in [4.69, 9.17) is 0 Å². The predicted molar refractivity (Wildman–Crippen MR) is 111 cm³/mol. The third-order valence-electron chi connectivity index (χ3n) is 6.44. The summed E-state index contributed by atoms with van der Waals surface area (Å²) in [7, 11) is 0. The van der Waals surface area contributed by atoms with Crippen molar-refractivity contribution >= 4 is 11.8 Å². The van der Waals surface area contributed by atoms with Crippen LogP contribution in [0.2, 0.25) is 0 Å². The quantitative estimate of drug-likeness (QED) is 0.819. The molecular formula is C23H30N4O2. The molecule has 1 aromatic carbocycles. The highest BCUT2D eigenvalue weighted by molar-refractivity contribution is 5.89. The van der Waals surface area contributed by atoms with Gasteiger partial charge in [-0.3, -0.25) is 14.3 Å². The number of carbonyl (C=O) groups is 2. The number of aryl methyl sites for hydroxylation is 1. The lowest BCUT2D eigenvalue weighted by Crippen LogP contribution is -2.36. The maximum atomic E-state index is 12.7. The molecule has 0 radical (unpaired) electrons. The second-order valence-electron chi connectivity index (χ2n) is 8.40. The maximum absolute atomic E-state index is 12.7. The molecule has 1 saturated heterocycles. The van der Waals surface area contributed by atoms with Gasteiger partial charge in [-0.25, -0.2) is 0 Å². The molecule has 2 aromatic rings. The Morgan fingerprint density at radius 3 is 2.62 bits per heavy atom. The van der Waals surface area contributed by atoms with Crippen LogP contribution in [0.5, 0.6) is 0 Å². The van der Waals surface area contributed by atoms with E-state index in [9.17, 15) is 9.59 Å². The van der Waals surface area contributed by atoms with Crippen LogP contribution in [0.25, 0.3) is 0 Å². The van der Waals surface area contributed by atoms with Gasteiger partial charge in [0.25, 0.3) is 0 Å². The number of nitrogens with one attached hydrogen (secondary N) is 1. The Morgan fingerprint density at radius 1 is 1.17 bits per heavy atom. The van der Waals surface area contributed by atoms with Crippen molar-refractivity contribution in [1.29, 1.82) is 0 Å². The van der Waals surface area contributed by atoms with Crippen molar-refractivity contribution in [3.05, 3.63) is 52.8 Å². The van der Waals surface area contributed by atoms with Crippen molar-refractivity contribution < 1.29 is 9.59 Å². The largest absolute Gasteiger partial charge is 0.352 e. The van der Waals surface area contributed by atoms with Crippen molar-refractivity contribution in [1.82, 2.24) is 20.0 Å². The van der Waals surface area contributed by atoms with Crippen molar-refractivity contribution in [2.75, 3.05) is 6.54 Å². The number of benzene rings is 1. The molecule has 6 heteroatoms. The Morgan fingerprint density at radius 2 is 1.90 bits per heavy atom. The standard InChI is InChI=1S/C23H30N4O2/c1-16-21(17(2)27(25-16)14-18-8-4-3-5-9-18)13-24-23(29)19-12-22(28)26(15-19)20-10-6-7-11-20/h3-5,8-9,19-20H,6-7,10-15H2,1-2H3,(H,24,29)/t19-/m0/s1. The van der Waals surface area contributed by atoms with Crippen molar-refractivity contribution in [2.24, 2.45) is 5.92 Å². The minimum atomic E-state index is -0.233. The predicted octanol–water partition coefficient (Wildman–Crippen LogP) is 2.96. The molecule has 0 unspecified atom stereocenters. The molecule has 0 spiro atoms. The van der Waals surface area contributed by atoms with Crippen LogP contribution in [0.15, 0.2) is 30.3 Å². The highest BCUT2D eigenvalue weighted by Gasteiger charge is 2.38. The van der Waals surface area contributed by atoms with E-state index in [1.54, 1.807) is 0 Å². The fraction of sp³-hybridized carbons (Fsp3) is 0.522. The molecule has 2 fully saturated rings. The maximum Gasteiger partial charge on any atom is 0.225 e. The first-order valence-corrected chi connectivity index (χ1v) is 10.7. The van der Waals surface area contributed by atoms with Gasteiger partial charge in [-0.2, -0.15) is 5.10 Å². The smallest absolute Gasteiger partial charge is 0.225 e. The van der Waals surface area contributed by atoms with Crippen molar-refractivity contribution in [3.63, 3.8) is 0 Å². The molecule has 1 saturated carbocycles. The molecule has 2 heterocycles. The Bertz CT molecular complexity index is 884. The van der Waals surface area contributed by atoms with Crippen LogP contribution in [0.3, 0.4) is 0 Å². The number of hydrogen-bond acceptors (Lipinski definition) is 3. The lowest BCUT2D eigenvalue weighted by molar-refractivity contribution is -0.130. The zero-order valence-corrected chi connectivity index (χ0v) is 17.4. The van der Waals surface area contributed by atoms with Crippen LogP contribution < -0.4 is 5.32 Å². The molecule has 4 rings (SSSR count). The van der Waals surface area contributed by atoms with Gasteiger partial charge in [0.15, 0.2) is 0 Å². The van der Waals surface area contributed by atoms with Crippen LogP contribution in [0.1, 0.15) is 54.6 Å². The lowest BCUT2D eigenvalue weighted by Gasteiger charge is -2.23. The van der Waals surface area contributed by atoms with E-state index in [1.807, 2.05) is 41.6 Å². The van der Waals surface area contributed by atoms with Gasteiger partial charge in [-0.05, 0) is 32.3 Å². The Kier molecular flexibility index (Phi) is 5.69. The van der Waals surface area contributed by atoms with E-state index in [0.29, 0.717) is 25.6 Å². The summed E-state index contributed by atoms with van der Waals surface area (Å²) in [6.07, 6.45) is 4.89. The zero-order valence-electron chi connectivity index (χ0n) is 17.4. The van der Waals surface area contributed by atoms with E-state index < -0.39 is 0 Å². The van der Waals surface area contributed by atoms with Crippen LogP contribution in [0, 0.1) is 19.8 Å². The molecule has 1 atom stereocenters. The summed E-state index contributed by atoms with van der Waals surface area (Å²) in [6.45, 7) is 5.77. The van der Waals surface area contributed by atoms with Crippen LogP contribution in [-0.4, -0.2) is 39.1 Å². The number of nitrogens with zero attached hydrogens (tertiary/aromatic N) is 3. The third kappa shape index (κ3) is 4.21. The van der Waals surface area contributed by atoms with Crippen molar-refractivity contribution in [2.45, 2.75) is 65.1 Å². The van der Waals surface area contributed by atoms with Crippen LogP contribution >= 0.6 is 0 Å². The number of rotatable bonds is 6. The molecular weight excluding hydrogens is 364 g/mol. The van der Waals surface area contributed by atoms with E-state index in [1.165, 1.54) is 18.4 Å². The van der Waals surface area contributed by atoms with Gasteiger partial charge in [-0.1, -0.05) is 43.2 Å². The summed E-state index contributed by atoms with van der Waals surface area (Å²) in [4.78, 5) is 27.0. The van der Waals surface area contributed by atoms with Gasteiger partial charge in [0, 0.05) is 36.8 Å². The molecule has 2 amide bonds. The fourth-order valence-corrected chi connectivity index (χ4v) is 4.70. The number of aromatic nitrogens is 2. The fourth-order valence-electron chi connectivity index (χ4n) is 4.70. The minimum absolute atomic E-state index is 0.0199. The molecule has 1 aliphatic carbocycles. The summed E-state index contributed by atoms with van der Waals surface area (Å²) in [6, 6.07) is 10.6. The summed E-state index contributed by atoms with van der Waals surface area (Å²) in [5, 5.41) is 7.72. The first-order valence-electron chi connectivity index (χ1n) is 10.7. The van der Waals surface area contributed by atoms with Gasteiger partial charge in [0.2, 0.25) is 11.8 Å². The Hall–Kier alpha value is -2.63. The Labute approximate surface area is 172 Å². The first-order chi connectivity index (χ1) is 14.0. The monoisotopic (exact) mass is 394 g/mol. The molecule has 0 bridgehead atoms. The van der Waals surface area contributed by atoms with E-state index >= 15 is 0 Å². The zero-order chi connectivity index (χ0) is 20.4. The normalized spacial score (nSPS) is 19.9. The molecule has 154 valence electrons. The second-order valence-corrected chi connectivity index (χ2v) is 8.40.